The Morgan fingerprint density at radius 3 is 2.85 bits per heavy atom. The van der Waals surface area contributed by atoms with Crippen LogP contribution in [0.4, 0.5) is 0 Å². The molecule has 1 aromatic carbocycles. The Labute approximate surface area is 122 Å². The third-order valence-electron chi connectivity index (χ3n) is 3.05. The summed E-state index contributed by atoms with van der Waals surface area (Å²) < 4.78 is 6.78. The van der Waals surface area contributed by atoms with Gasteiger partial charge in [-0.2, -0.15) is 0 Å². The van der Waals surface area contributed by atoms with Crippen LogP contribution in [-0.4, -0.2) is 28.4 Å². The van der Waals surface area contributed by atoms with Gasteiger partial charge in [-0.1, -0.05) is 30.2 Å². The first-order chi connectivity index (χ1) is 9.71. The number of aldehydes is 1. The van der Waals surface area contributed by atoms with Gasteiger partial charge >= 0.3 is 0 Å². The van der Waals surface area contributed by atoms with Crippen molar-refractivity contribution >= 4 is 17.9 Å². The average molecular weight is 294 g/mol. The summed E-state index contributed by atoms with van der Waals surface area (Å²) in [7, 11) is 1.56. The highest BCUT2D eigenvalue weighted by atomic mass is 35.5. The van der Waals surface area contributed by atoms with E-state index >= 15 is 0 Å². The van der Waals surface area contributed by atoms with Gasteiger partial charge in [0, 0.05) is 0 Å². The van der Waals surface area contributed by atoms with Gasteiger partial charge in [0.25, 0.3) is 0 Å². The van der Waals surface area contributed by atoms with E-state index in [1.54, 1.807) is 23.9 Å². The molecule has 0 bridgehead atoms. The fraction of sp³-hybridized carbons (Fsp3) is 0.357. The number of hydrogen-bond donors (Lipinski definition) is 0. The Bertz CT molecular complexity index is 610. The number of unbranched alkanes of at least 4 members (excludes halogenated alkanes) is 1. The molecule has 0 saturated heterocycles. The van der Waals surface area contributed by atoms with Gasteiger partial charge in [-0.3, -0.25) is 4.79 Å². The number of methoxy groups -OCH3 is 1. The van der Waals surface area contributed by atoms with Crippen molar-refractivity contribution in [3.63, 3.8) is 0 Å². The number of carbonyl (C=O) groups excluding carboxylic acids is 1. The van der Waals surface area contributed by atoms with Crippen LogP contribution in [0.15, 0.2) is 18.2 Å². The second-order valence-corrected chi connectivity index (χ2v) is 4.78. The number of halogens is 1. The molecule has 20 heavy (non-hydrogen) atoms. The summed E-state index contributed by atoms with van der Waals surface area (Å²) in [5.41, 5.74) is 1.95. The topological polar surface area (TPSA) is 57.0 Å². The predicted octanol–water partition coefficient (Wildman–Crippen LogP) is 3.08. The number of ether oxygens (including phenoxy) is 1. The van der Waals surface area contributed by atoms with Gasteiger partial charge in [-0.05, 0) is 31.0 Å². The van der Waals surface area contributed by atoms with Crippen molar-refractivity contribution < 1.29 is 9.53 Å². The molecule has 2 rings (SSSR count). The van der Waals surface area contributed by atoms with Crippen LogP contribution in [0.2, 0.25) is 5.02 Å². The molecule has 1 heterocycles. The van der Waals surface area contributed by atoms with Crippen molar-refractivity contribution in [3.05, 3.63) is 34.6 Å². The summed E-state index contributed by atoms with van der Waals surface area (Å²) in [4.78, 5) is 11.0. The standard InChI is InChI=1S/C14H16ClN3O2/c1-3-4-5-13-12(9-19)16-17-18(13)10-6-7-14(20-2)11(15)8-10/h6-9H,3-5H2,1-2H3. The third kappa shape index (κ3) is 2.82. The van der Waals surface area contributed by atoms with Crippen molar-refractivity contribution in [2.75, 3.05) is 7.11 Å². The van der Waals surface area contributed by atoms with E-state index in [2.05, 4.69) is 17.2 Å². The minimum absolute atomic E-state index is 0.380. The molecular weight excluding hydrogens is 278 g/mol. The molecule has 5 nitrogen and oxygen atoms in total. The molecule has 1 aromatic heterocycles. The summed E-state index contributed by atoms with van der Waals surface area (Å²) in [5.74, 6) is 0.598. The predicted molar refractivity (Wildman–Crippen MR) is 76.9 cm³/mol. The summed E-state index contributed by atoms with van der Waals surface area (Å²) >= 11 is 6.12. The largest absolute Gasteiger partial charge is 0.495 e. The summed E-state index contributed by atoms with van der Waals surface area (Å²) in [5, 5.41) is 8.44. The summed E-state index contributed by atoms with van der Waals surface area (Å²) in [6.45, 7) is 2.10. The number of hydrogen-bond acceptors (Lipinski definition) is 4. The monoisotopic (exact) mass is 293 g/mol. The molecule has 0 unspecified atom stereocenters. The molecule has 0 radical (unpaired) electrons. The Kier molecular flexibility index (Phi) is 4.74. The first kappa shape index (κ1) is 14.5. The molecule has 0 saturated carbocycles. The first-order valence-electron chi connectivity index (χ1n) is 6.45. The second-order valence-electron chi connectivity index (χ2n) is 4.37. The van der Waals surface area contributed by atoms with E-state index in [0.717, 1.165) is 36.9 Å². The Balaban J connectivity index is 2.43. The molecule has 0 N–H and O–H groups in total. The smallest absolute Gasteiger partial charge is 0.172 e. The number of benzene rings is 1. The molecule has 106 valence electrons. The van der Waals surface area contributed by atoms with E-state index in [4.69, 9.17) is 16.3 Å². The molecular formula is C14H16ClN3O2. The molecule has 0 spiro atoms. The van der Waals surface area contributed by atoms with E-state index in [9.17, 15) is 4.79 Å². The van der Waals surface area contributed by atoms with E-state index in [1.165, 1.54) is 0 Å². The Morgan fingerprint density at radius 1 is 1.45 bits per heavy atom. The van der Waals surface area contributed by atoms with Gasteiger partial charge in [-0.15, -0.1) is 5.10 Å². The number of rotatable bonds is 6. The lowest BCUT2D eigenvalue weighted by atomic mass is 10.1. The SMILES string of the molecule is CCCCc1c(C=O)nnn1-c1ccc(OC)c(Cl)c1. The van der Waals surface area contributed by atoms with E-state index in [0.29, 0.717) is 16.5 Å². The maximum absolute atomic E-state index is 11.0. The van der Waals surface area contributed by atoms with E-state index in [1.807, 2.05) is 6.07 Å². The van der Waals surface area contributed by atoms with Crippen LogP contribution in [-0.2, 0) is 6.42 Å². The molecule has 0 amide bonds. The van der Waals surface area contributed by atoms with Crippen LogP contribution in [0.5, 0.6) is 5.75 Å². The molecule has 2 aromatic rings. The zero-order valence-corrected chi connectivity index (χ0v) is 12.2. The Morgan fingerprint density at radius 2 is 2.25 bits per heavy atom. The van der Waals surface area contributed by atoms with Crippen molar-refractivity contribution in [2.45, 2.75) is 26.2 Å². The van der Waals surface area contributed by atoms with Crippen molar-refractivity contribution in [3.8, 4) is 11.4 Å². The van der Waals surface area contributed by atoms with Crippen LogP contribution in [0.25, 0.3) is 5.69 Å². The molecule has 6 heteroatoms. The normalized spacial score (nSPS) is 10.6. The average Bonchev–Trinajstić information content (AvgIpc) is 2.87. The van der Waals surface area contributed by atoms with Crippen LogP contribution >= 0.6 is 11.6 Å². The zero-order valence-electron chi connectivity index (χ0n) is 11.5. The summed E-state index contributed by atoms with van der Waals surface area (Å²) in [6, 6.07) is 5.35. The van der Waals surface area contributed by atoms with Crippen molar-refractivity contribution in [2.24, 2.45) is 0 Å². The lowest BCUT2D eigenvalue weighted by Crippen LogP contribution is -2.04. The Hall–Kier alpha value is -1.88. The minimum atomic E-state index is 0.380. The van der Waals surface area contributed by atoms with Gasteiger partial charge in [0.2, 0.25) is 0 Å². The highest BCUT2D eigenvalue weighted by molar-refractivity contribution is 6.32. The highest BCUT2D eigenvalue weighted by Crippen LogP contribution is 2.27. The molecule has 0 fully saturated rings. The van der Waals surface area contributed by atoms with Crippen LogP contribution < -0.4 is 4.74 Å². The fourth-order valence-corrected chi connectivity index (χ4v) is 2.23. The minimum Gasteiger partial charge on any atom is -0.495 e. The lowest BCUT2D eigenvalue weighted by molar-refractivity contribution is 0.111. The fourth-order valence-electron chi connectivity index (χ4n) is 1.98. The number of carbonyl (C=O) groups is 1. The maximum Gasteiger partial charge on any atom is 0.172 e. The maximum atomic E-state index is 11.0. The van der Waals surface area contributed by atoms with Crippen LogP contribution in [0.1, 0.15) is 35.9 Å². The number of aromatic nitrogens is 3. The number of nitrogens with zero attached hydrogens (tertiary/aromatic N) is 3. The highest BCUT2D eigenvalue weighted by Gasteiger charge is 2.14. The van der Waals surface area contributed by atoms with Gasteiger partial charge in [0.05, 0.1) is 23.5 Å². The lowest BCUT2D eigenvalue weighted by Gasteiger charge is -2.09. The van der Waals surface area contributed by atoms with E-state index in [-0.39, 0.29) is 0 Å². The first-order valence-corrected chi connectivity index (χ1v) is 6.82. The second kappa shape index (κ2) is 6.52. The van der Waals surface area contributed by atoms with Gasteiger partial charge < -0.3 is 4.74 Å². The van der Waals surface area contributed by atoms with Crippen molar-refractivity contribution in [1.82, 2.24) is 15.0 Å². The molecule has 0 atom stereocenters. The van der Waals surface area contributed by atoms with Crippen molar-refractivity contribution in [1.29, 1.82) is 0 Å². The van der Waals surface area contributed by atoms with Gasteiger partial charge in [0.15, 0.2) is 6.29 Å². The molecule has 0 aliphatic rings. The van der Waals surface area contributed by atoms with Crippen LogP contribution in [0, 0.1) is 0 Å². The molecule has 0 aliphatic carbocycles. The quantitative estimate of drug-likeness (QED) is 0.768. The van der Waals surface area contributed by atoms with Crippen LogP contribution in [0.3, 0.4) is 0 Å². The molecule has 0 aliphatic heterocycles. The van der Waals surface area contributed by atoms with Gasteiger partial charge in [-0.25, -0.2) is 4.68 Å². The third-order valence-corrected chi connectivity index (χ3v) is 3.35. The van der Waals surface area contributed by atoms with E-state index < -0.39 is 0 Å². The summed E-state index contributed by atoms with van der Waals surface area (Å²) in [6.07, 6.45) is 3.49. The zero-order chi connectivity index (χ0) is 14.5. The van der Waals surface area contributed by atoms with Gasteiger partial charge in [0.1, 0.15) is 11.4 Å².